The van der Waals surface area contributed by atoms with Gasteiger partial charge in [0.05, 0.1) is 0 Å². The number of aldehydes is 1. The highest BCUT2D eigenvalue weighted by molar-refractivity contribution is 5.85. The van der Waals surface area contributed by atoms with Gasteiger partial charge in [-0.25, -0.2) is 0 Å². The van der Waals surface area contributed by atoms with E-state index >= 15 is 0 Å². The molecule has 1 rings (SSSR count). The van der Waals surface area contributed by atoms with Crippen LogP contribution in [0.5, 0.6) is 0 Å². The van der Waals surface area contributed by atoms with E-state index in [4.69, 9.17) is 0 Å². The number of nitrogens with zero attached hydrogens (tertiary/aromatic N) is 1. The highest BCUT2D eigenvalue weighted by Crippen LogP contribution is 1.99. The van der Waals surface area contributed by atoms with Gasteiger partial charge < -0.3 is 4.79 Å². The van der Waals surface area contributed by atoms with Crippen molar-refractivity contribution in [1.82, 2.24) is 4.98 Å². The summed E-state index contributed by atoms with van der Waals surface area (Å²) in [4.78, 5) is 14.1. The molecule has 1 aromatic rings. The van der Waals surface area contributed by atoms with E-state index in [0.717, 1.165) is 17.5 Å². The second kappa shape index (κ2) is 4.85. The number of carbonyl (C=O) groups excluding carboxylic acids is 1. The van der Waals surface area contributed by atoms with Crippen LogP contribution in [0.4, 0.5) is 0 Å². The van der Waals surface area contributed by atoms with Crippen LogP contribution in [0.2, 0.25) is 0 Å². The van der Waals surface area contributed by atoms with Crippen molar-refractivity contribution in [2.24, 2.45) is 0 Å². The SMILES string of the molecule is Cc1cc(CC=O)ccn1.Cl. The molecule has 0 unspecified atom stereocenters. The monoisotopic (exact) mass is 171 g/mol. The average Bonchev–Trinajstić information content (AvgIpc) is 1.88. The van der Waals surface area contributed by atoms with Crippen LogP contribution in [0.25, 0.3) is 0 Å². The Labute approximate surface area is 72.1 Å². The van der Waals surface area contributed by atoms with E-state index in [0.29, 0.717) is 6.42 Å². The summed E-state index contributed by atoms with van der Waals surface area (Å²) in [6, 6.07) is 3.76. The minimum atomic E-state index is 0. The zero-order valence-electron chi connectivity index (χ0n) is 6.28. The van der Waals surface area contributed by atoms with Crippen molar-refractivity contribution in [3.63, 3.8) is 0 Å². The number of hydrogen-bond acceptors (Lipinski definition) is 2. The van der Waals surface area contributed by atoms with E-state index in [1.807, 2.05) is 19.1 Å². The lowest BCUT2D eigenvalue weighted by Gasteiger charge is -1.94. The lowest BCUT2D eigenvalue weighted by Crippen LogP contribution is -1.87. The van der Waals surface area contributed by atoms with Crippen LogP contribution >= 0.6 is 12.4 Å². The van der Waals surface area contributed by atoms with Gasteiger partial charge >= 0.3 is 0 Å². The zero-order valence-corrected chi connectivity index (χ0v) is 7.10. The molecule has 0 bridgehead atoms. The summed E-state index contributed by atoms with van der Waals surface area (Å²) in [7, 11) is 0. The van der Waals surface area contributed by atoms with E-state index in [2.05, 4.69) is 4.98 Å². The molecule has 0 saturated heterocycles. The molecule has 0 saturated carbocycles. The first kappa shape index (κ1) is 10.1. The summed E-state index contributed by atoms with van der Waals surface area (Å²) in [6.45, 7) is 1.91. The molecule has 0 fully saturated rings. The van der Waals surface area contributed by atoms with Crippen molar-refractivity contribution >= 4 is 18.7 Å². The second-order valence-corrected chi connectivity index (χ2v) is 2.18. The Hall–Kier alpha value is -0.890. The van der Waals surface area contributed by atoms with Crippen LogP contribution in [-0.2, 0) is 11.2 Å². The standard InChI is InChI=1S/C8H9NO.ClH/c1-7-6-8(3-5-10)2-4-9-7;/h2,4-6H,3H2,1H3;1H. The first-order chi connectivity index (χ1) is 4.83. The molecule has 0 spiro atoms. The van der Waals surface area contributed by atoms with E-state index < -0.39 is 0 Å². The molecular formula is C8H10ClNO. The molecule has 0 aliphatic heterocycles. The fraction of sp³-hybridized carbons (Fsp3) is 0.250. The molecule has 0 aliphatic rings. The second-order valence-electron chi connectivity index (χ2n) is 2.18. The Balaban J connectivity index is 0.000001000. The highest BCUT2D eigenvalue weighted by atomic mass is 35.5. The van der Waals surface area contributed by atoms with Gasteiger partial charge in [0.25, 0.3) is 0 Å². The fourth-order valence-corrected chi connectivity index (χ4v) is 0.827. The maximum atomic E-state index is 10.1. The van der Waals surface area contributed by atoms with E-state index in [1.54, 1.807) is 6.20 Å². The maximum Gasteiger partial charge on any atom is 0.124 e. The largest absolute Gasteiger partial charge is 0.303 e. The highest BCUT2D eigenvalue weighted by Gasteiger charge is 1.90. The van der Waals surface area contributed by atoms with Crippen molar-refractivity contribution in [2.75, 3.05) is 0 Å². The molecule has 0 atom stereocenters. The van der Waals surface area contributed by atoms with Crippen LogP contribution in [-0.4, -0.2) is 11.3 Å². The minimum absolute atomic E-state index is 0. The van der Waals surface area contributed by atoms with Gasteiger partial charge in [0.2, 0.25) is 0 Å². The normalized spacial score (nSPS) is 8.45. The van der Waals surface area contributed by atoms with Crippen molar-refractivity contribution in [3.8, 4) is 0 Å². The molecule has 0 aliphatic carbocycles. The molecule has 1 aromatic heterocycles. The Morgan fingerprint density at radius 2 is 2.36 bits per heavy atom. The van der Waals surface area contributed by atoms with Gasteiger partial charge in [-0.05, 0) is 24.6 Å². The predicted molar refractivity (Wildman–Crippen MR) is 46.0 cm³/mol. The fourth-order valence-electron chi connectivity index (χ4n) is 0.827. The maximum absolute atomic E-state index is 10.1. The molecule has 60 valence electrons. The quantitative estimate of drug-likeness (QED) is 0.632. The van der Waals surface area contributed by atoms with E-state index in [-0.39, 0.29) is 12.4 Å². The summed E-state index contributed by atoms with van der Waals surface area (Å²) in [5.74, 6) is 0. The Morgan fingerprint density at radius 1 is 1.64 bits per heavy atom. The van der Waals surface area contributed by atoms with Gasteiger partial charge in [-0.3, -0.25) is 4.98 Å². The number of carbonyl (C=O) groups is 1. The Kier molecular flexibility index (Phi) is 4.46. The van der Waals surface area contributed by atoms with Gasteiger partial charge in [0.1, 0.15) is 6.29 Å². The summed E-state index contributed by atoms with van der Waals surface area (Å²) in [6.07, 6.45) is 3.10. The molecule has 11 heavy (non-hydrogen) atoms. The van der Waals surface area contributed by atoms with Crippen molar-refractivity contribution < 1.29 is 4.79 Å². The van der Waals surface area contributed by atoms with Crippen LogP contribution in [0.3, 0.4) is 0 Å². The van der Waals surface area contributed by atoms with Crippen LogP contribution in [0, 0.1) is 6.92 Å². The first-order valence-corrected chi connectivity index (χ1v) is 3.18. The number of halogens is 1. The number of rotatable bonds is 2. The number of aryl methyl sites for hydroxylation is 1. The summed E-state index contributed by atoms with van der Waals surface area (Å²) >= 11 is 0. The molecule has 1 heterocycles. The van der Waals surface area contributed by atoms with Gasteiger partial charge in [-0.15, -0.1) is 12.4 Å². The Bertz CT molecular complexity index is 237. The summed E-state index contributed by atoms with van der Waals surface area (Å²) < 4.78 is 0. The molecule has 3 heteroatoms. The molecule has 0 amide bonds. The molecule has 2 nitrogen and oxygen atoms in total. The first-order valence-electron chi connectivity index (χ1n) is 3.18. The smallest absolute Gasteiger partial charge is 0.124 e. The summed E-state index contributed by atoms with van der Waals surface area (Å²) in [5, 5.41) is 0. The van der Waals surface area contributed by atoms with E-state index in [9.17, 15) is 4.79 Å². The van der Waals surface area contributed by atoms with Crippen LogP contribution < -0.4 is 0 Å². The van der Waals surface area contributed by atoms with Gasteiger partial charge in [0, 0.05) is 18.3 Å². The number of aromatic nitrogens is 1. The van der Waals surface area contributed by atoms with Gasteiger partial charge in [0.15, 0.2) is 0 Å². The topological polar surface area (TPSA) is 30.0 Å². The molecule has 0 N–H and O–H groups in total. The number of hydrogen-bond donors (Lipinski definition) is 0. The van der Waals surface area contributed by atoms with Crippen LogP contribution in [0.1, 0.15) is 11.3 Å². The van der Waals surface area contributed by atoms with Crippen molar-refractivity contribution in [3.05, 3.63) is 29.6 Å². The summed E-state index contributed by atoms with van der Waals surface area (Å²) in [5.41, 5.74) is 1.99. The lowest BCUT2D eigenvalue weighted by atomic mass is 10.2. The van der Waals surface area contributed by atoms with E-state index in [1.165, 1.54) is 0 Å². The zero-order chi connectivity index (χ0) is 7.40. The van der Waals surface area contributed by atoms with Crippen LogP contribution in [0.15, 0.2) is 18.3 Å². The molecular weight excluding hydrogens is 162 g/mol. The van der Waals surface area contributed by atoms with Gasteiger partial charge in [-0.2, -0.15) is 0 Å². The van der Waals surface area contributed by atoms with Crippen molar-refractivity contribution in [2.45, 2.75) is 13.3 Å². The average molecular weight is 172 g/mol. The van der Waals surface area contributed by atoms with Gasteiger partial charge in [-0.1, -0.05) is 0 Å². The third-order valence-electron chi connectivity index (χ3n) is 1.28. The third kappa shape index (κ3) is 3.14. The Morgan fingerprint density at radius 3 is 2.91 bits per heavy atom. The predicted octanol–water partition coefficient (Wildman–Crippen LogP) is 1.55. The lowest BCUT2D eigenvalue weighted by molar-refractivity contribution is -0.107. The molecule has 0 aromatic carbocycles. The minimum Gasteiger partial charge on any atom is -0.303 e. The molecule has 0 radical (unpaired) electrons. The third-order valence-corrected chi connectivity index (χ3v) is 1.28. The van der Waals surface area contributed by atoms with Crippen molar-refractivity contribution in [1.29, 1.82) is 0 Å². The number of pyridine rings is 1.